The van der Waals surface area contributed by atoms with E-state index < -0.39 is 0 Å². The number of benzene rings is 2. The van der Waals surface area contributed by atoms with E-state index in [4.69, 9.17) is 0 Å². The lowest BCUT2D eigenvalue weighted by atomic mass is 10.1. The molecule has 0 saturated carbocycles. The number of nitrogens with zero attached hydrogens (tertiary/aromatic N) is 4. The molecule has 0 radical (unpaired) electrons. The quantitative estimate of drug-likeness (QED) is 0.688. The van der Waals surface area contributed by atoms with Gasteiger partial charge >= 0.3 is 6.03 Å². The van der Waals surface area contributed by atoms with Gasteiger partial charge in [-0.25, -0.2) is 9.78 Å². The third kappa shape index (κ3) is 3.45. The Balaban J connectivity index is 1.27. The van der Waals surface area contributed by atoms with E-state index in [0.717, 1.165) is 35.8 Å². The Morgan fingerprint density at radius 2 is 1.67 bits per heavy atom. The molecule has 2 aromatic carbocycles. The monoisotopic (exact) mass is 404 g/mol. The number of aromatic amines is 1. The zero-order valence-electron chi connectivity index (χ0n) is 16.9. The predicted octanol–water partition coefficient (Wildman–Crippen LogP) is 2.78. The fraction of sp³-hybridized carbons (Fsp3) is 0.318. The average Bonchev–Trinajstić information content (AvgIpc) is 3.37. The number of fused-ring (bicyclic) bond motifs is 2. The zero-order chi connectivity index (χ0) is 20.7. The molecule has 0 unspecified atom stereocenters. The summed E-state index contributed by atoms with van der Waals surface area (Å²) in [5.41, 5.74) is 4.87. The van der Waals surface area contributed by atoms with E-state index in [0.29, 0.717) is 26.2 Å². The molecule has 3 heterocycles. The van der Waals surface area contributed by atoms with Gasteiger partial charge in [-0.3, -0.25) is 4.79 Å². The van der Waals surface area contributed by atoms with Crippen LogP contribution in [-0.2, 0) is 17.9 Å². The molecule has 0 aliphatic carbocycles. The lowest BCUT2D eigenvalue weighted by Crippen LogP contribution is -2.48. The summed E-state index contributed by atoms with van der Waals surface area (Å²) in [5.74, 6) is 0.910. The molecular formula is C22H24N6O2. The molecule has 3 amide bonds. The van der Waals surface area contributed by atoms with E-state index in [1.54, 1.807) is 6.92 Å². The smallest absolute Gasteiger partial charge is 0.322 e. The van der Waals surface area contributed by atoms with Crippen molar-refractivity contribution in [2.24, 2.45) is 0 Å². The molecule has 1 fully saturated rings. The third-order valence-electron chi connectivity index (χ3n) is 5.87. The lowest BCUT2D eigenvalue weighted by Gasteiger charge is -2.33. The molecule has 3 aromatic rings. The molecule has 30 heavy (non-hydrogen) atoms. The molecule has 8 heteroatoms. The van der Waals surface area contributed by atoms with Crippen LogP contribution in [-0.4, -0.2) is 57.9 Å². The largest absolute Gasteiger partial charge is 0.339 e. The van der Waals surface area contributed by atoms with Crippen molar-refractivity contribution in [2.75, 3.05) is 36.4 Å². The van der Waals surface area contributed by atoms with Gasteiger partial charge in [-0.15, -0.1) is 0 Å². The molecule has 2 N–H and O–H groups in total. The fourth-order valence-electron chi connectivity index (χ4n) is 4.14. The van der Waals surface area contributed by atoms with E-state index in [1.165, 1.54) is 11.1 Å². The van der Waals surface area contributed by atoms with E-state index >= 15 is 0 Å². The van der Waals surface area contributed by atoms with Gasteiger partial charge in [0.15, 0.2) is 0 Å². The molecule has 1 aromatic heterocycles. The number of carbonyl (C=O) groups is 2. The van der Waals surface area contributed by atoms with Crippen molar-refractivity contribution >= 4 is 34.6 Å². The van der Waals surface area contributed by atoms with Crippen LogP contribution < -0.4 is 10.2 Å². The maximum absolute atomic E-state index is 12.7. The van der Waals surface area contributed by atoms with Crippen LogP contribution in [0.3, 0.4) is 0 Å². The highest BCUT2D eigenvalue weighted by molar-refractivity contribution is 5.92. The molecule has 2 aliphatic rings. The Hall–Kier alpha value is -3.55. The number of anilines is 2. The number of hydrogen-bond donors (Lipinski definition) is 2. The predicted molar refractivity (Wildman–Crippen MR) is 115 cm³/mol. The Morgan fingerprint density at radius 1 is 0.967 bits per heavy atom. The summed E-state index contributed by atoms with van der Waals surface area (Å²) in [7, 11) is 0. The van der Waals surface area contributed by atoms with Gasteiger partial charge in [0.1, 0.15) is 0 Å². The Morgan fingerprint density at radius 3 is 2.33 bits per heavy atom. The molecule has 154 valence electrons. The molecule has 1 saturated heterocycles. The normalized spacial score (nSPS) is 16.1. The van der Waals surface area contributed by atoms with E-state index in [2.05, 4.69) is 32.3 Å². The summed E-state index contributed by atoms with van der Waals surface area (Å²) in [6, 6.07) is 13.7. The highest BCUT2D eigenvalue weighted by Gasteiger charge is 2.23. The van der Waals surface area contributed by atoms with Gasteiger partial charge in [-0.05, 0) is 29.3 Å². The first-order valence-corrected chi connectivity index (χ1v) is 10.2. The van der Waals surface area contributed by atoms with Crippen LogP contribution in [0.25, 0.3) is 11.0 Å². The van der Waals surface area contributed by atoms with Crippen LogP contribution in [0.15, 0.2) is 42.5 Å². The first-order chi connectivity index (χ1) is 14.6. The second kappa shape index (κ2) is 7.37. The van der Waals surface area contributed by atoms with Crippen LogP contribution in [0, 0.1) is 0 Å². The molecule has 0 bridgehead atoms. The third-order valence-corrected chi connectivity index (χ3v) is 5.87. The molecule has 0 atom stereocenters. The first-order valence-electron chi connectivity index (χ1n) is 10.2. The fourth-order valence-corrected chi connectivity index (χ4v) is 4.14. The summed E-state index contributed by atoms with van der Waals surface area (Å²) < 4.78 is 0. The number of carbonyl (C=O) groups excluding carboxylic acids is 2. The maximum Gasteiger partial charge on any atom is 0.322 e. The molecule has 5 rings (SSSR count). The summed E-state index contributed by atoms with van der Waals surface area (Å²) >= 11 is 0. The van der Waals surface area contributed by atoms with E-state index in [1.807, 2.05) is 40.1 Å². The van der Waals surface area contributed by atoms with Crippen molar-refractivity contribution in [3.05, 3.63) is 53.6 Å². The standard InChI is InChI=1S/C22H24N6O2/c1-15(29)26-8-10-27(11-9-26)21-24-19-7-6-18(12-20(19)25-21)23-22(30)28-13-16-4-2-3-5-17(16)14-28/h2-7,12H,8-11,13-14H2,1H3,(H,23,30)(H,24,25). The minimum atomic E-state index is -0.106. The summed E-state index contributed by atoms with van der Waals surface area (Å²) in [6.07, 6.45) is 0. The molecule has 0 spiro atoms. The van der Waals surface area contributed by atoms with Gasteiger partial charge in [-0.2, -0.15) is 0 Å². The Bertz CT molecular complexity index is 1090. The summed E-state index contributed by atoms with van der Waals surface area (Å²) in [4.78, 5) is 38.1. The van der Waals surface area contributed by atoms with Gasteiger partial charge in [-0.1, -0.05) is 24.3 Å². The van der Waals surface area contributed by atoms with Gasteiger partial charge in [0.05, 0.1) is 11.0 Å². The van der Waals surface area contributed by atoms with Crippen LogP contribution in [0.5, 0.6) is 0 Å². The summed E-state index contributed by atoms with van der Waals surface area (Å²) in [6.45, 7) is 5.76. The number of aromatic nitrogens is 2. The number of nitrogens with one attached hydrogen (secondary N) is 2. The first kappa shape index (κ1) is 18.5. The average molecular weight is 404 g/mol. The van der Waals surface area contributed by atoms with Crippen molar-refractivity contribution in [3.8, 4) is 0 Å². The van der Waals surface area contributed by atoms with Crippen molar-refractivity contribution in [3.63, 3.8) is 0 Å². The Kier molecular flexibility index (Phi) is 4.54. The van der Waals surface area contributed by atoms with Gasteiger partial charge < -0.3 is 25.0 Å². The number of piperazine rings is 1. The maximum atomic E-state index is 12.7. The number of hydrogen-bond acceptors (Lipinski definition) is 4. The number of rotatable bonds is 2. The van der Waals surface area contributed by atoms with Crippen LogP contribution >= 0.6 is 0 Å². The van der Waals surface area contributed by atoms with E-state index in [-0.39, 0.29) is 11.9 Å². The number of H-pyrrole nitrogens is 1. The molecular weight excluding hydrogens is 380 g/mol. The zero-order valence-corrected chi connectivity index (χ0v) is 16.9. The van der Waals surface area contributed by atoms with Gasteiger partial charge in [0.25, 0.3) is 0 Å². The number of urea groups is 1. The highest BCUT2D eigenvalue weighted by Crippen LogP contribution is 2.25. The second-order valence-corrected chi connectivity index (χ2v) is 7.84. The Labute approximate surface area is 174 Å². The number of imidazole rings is 1. The highest BCUT2D eigenvalue weighted by atomic mass is 16.2. The van der Waals surface area contributed by atoms with Crippen molar-refractivity contribution in [1.82, 2.24) is 19.8 Å². The topological polar surface area (TPSA) is 84.6 Å². The molecule has 2 aliphatic heterocycles. The SMILES string of the molecule is CC(=O)N1CCN(c2nc3ccc(NC(=O)N4Cc5ccccc5C4)cc3[nH]2)CC1. The van der Waals surface area contributed by atoms with Crippen molar-refractivity contribution < 1.29 is 9.59 Å². The number of amides is 3. The minimum absolute atomic E-state index is 0.106. The summed E-state index contributed by atoms with van der Waals surface area (Å²) in [5, 5.41) is 3.00. The second-order valence-electron chi connectivity index (χ2n) is 7.84. The molecule has 8 nitrogen and oxygen atoms in total. The van der Waals surface area contributed by atoms with Crippen LogP contribution in [0.1, 0.15) is 18.1 Å². The van der Waals surface area contributed by atoms with E-state index in [9.17, 15) is 9.59 Å². The lowest BCUT2D eigenvalue weighted by molar-refractivity contribution is -0.129. The van der Waals surface area contributed by atoms with Crippen molar-refractivity contribution in [2.45, 2.75) is 20.0 Å². The van der Waals surface area contributed by atoms with Crippen molar-refractivity contribution in [1.29, 1.82) is 0 Å². The van der Waals surface area contributed by atoms with Gasteiger partial charge in [0, 0.05) is 51.9 Å². The minimum Gasteiger partial charge on any atom is -0.339 e. The van der Waals surface area contributed by atoms with Gasteiger partial charge in [0.2, 0.25) is 11.9 Å². The van der Waals surface area contributed by atoms with Crippen LogP contribution in [0.4, 0.5) is 16.4 Å². The van der Waals surface area contributed by atoms with Crippen LogP contribution in [0.2, 0.25) is 0 Å².